The fourth-order valence-electron chi connectivity index (χ4n) is 3.12. The van der Waals surface area contributed by atoms with Gasteiger partial charge in [-0.25, -0.2) is 4.39 Å². The first kappa shape index (κ1) is 24.6. The van der Waals surface area contributed by atoms with Gasteiger partial charge in [-0.3, -0.25) is 14.4 Å². The number of nitrogens with one attached hydrogen (secondary N) is 1. The Hall–Kier alpha value is -3.69. The van der Waals surface area contributed by atoms with E-state index in [1.807, 2.05) is 0 Å². The predicted molar refractivity (Wildman–Crippen MR) is 113 cm³/mol. The summed E-state index contributed by atoms with van der Waals surface area (Å²) in [5.41, 5.74) is 3.54. The Kier molecular flexibility index (Phi) is 7.07. The molecule has 2 amide bonds. The summed E-state index contributed by atoms with van der Waals surface area (Å²) in [6, 6.07) is 7.52. The van der Waals surface area contributed by atoms with Gasteiger partial charge in [0, 0.05) is 22.7 Å². The van der Waals surface area contributed by atoms with Crippen LogP contribution < -0.4 is 16.6 Å². The summed E-state index contributed by atoms with van der Waals surface area (Å²) >= 11 is 0. The van der Waals surface area contributed by atoms with Gasteiger partial charge >= 0.3 is 6.18 Å². The number of nitrogens with two attached hydrogens (primary N) is 1. The molecule has 1 heterocycles. The molecule has 0 saturated carbocycles. The first-order chi connectivity index (χ1) is 14.5. The van der Waals surface area contributed by atoms with Gasteiger partial charge < -0.3 is 15.6 Å². The molecule has 0 aliphatic heterocycles. The van der Waals surface area contributed by atoms with Crippen molar-refractivity contribution >= 4 is 28.3 Å². The molecular weight excluding hydrogens is 430 g/mol. The maximum atomic E-state index is 13.4. The molecule has 0 unspecified atom stereocenters. The van der Waals surface area contributed by atoms with E-state index in [0.717, 1.165) is 10.6 Å². The second-order valence-electron chi connectivity index (χ2n) is 6.91. The number of carbonyl (C=O) groups is 2. The molecule has 10 heteroatoms. The van der Waals surface area contributed by atoms with Crippen molar-refractivity contribution < 1.29 is 27.2 Å². The van der Waals surface area contributed by atoms with Crippen molar-refractivity contribution in [1.82, 2.24) is 4.57 Å². The quantitative estimate of drug-likeness (QED) is 0.574. The molecule has 0 bridgehead atoms. The van der Waals surface area contributed by atoms with Gasteiger partial charge in [-0.15, -0.1) is 0 Å². The zero-order valence-electron chi connectivity index (χ0n) is 16.2. The fourth-order valence-corrected chi connectivity index (χ4v) is 3.12. The molecule has 0 radical (unpaired) electrons. The molecule has 1 aromatic heterocycles. The van der Waals surface area contributed by atoms with Crippen LogP contribution >= 0.6 is 0 Å². The van der Waals surface area contributed by atoms with Crippen molar-refractivity contribution in [3.63, 3.8) is 0 Å². The number of anilines is 1. The van der Waals surface area contributed by atoms with Gasteiger partial charge in [0.25, 0.3) is 5.56 Å². The predicted octanol–water partition coefficient (Wildman–Crippen LogP) is 4.02. The highest BCUT2D eigenvalue weighted by molar-refractivity contribution is 6.02. The third-order valence-electron chi connectivity index (χ3n) is 4.78. The summed E-state index contributed by atoms with van der Waals surface area (Å²) in [5, 5.41) is 3.15. The highest BCUT2D eigenvalue weighted by Crippen LogP contribution is 2.32. The Labute approximate surface area is 180 Å². The van der Waals surface area contributed by atoms with Crippen LogP contribution in [0.2, 0.25) is 0 Å². The molecule has 0 aliphatic carbocycles. The summed E-state index contributed by atoms with van der Waals surface area (Å²) in [7, 11) is 0. The number of fused-ring (bicyclic) bond motifs is 1. The number of halogens is 4. The van der Waals surface area contributed by atoms with Gasteiger partial charge in [-0.05, 0) is 42.8 Å². The van der Waals surface area contributed by atoms with Crippen molar-refractivity contribution in [2.24, 2.45) is 5.73 Å². The van der Waals surface area contributed by atoms with Crippen molar-refractivity contribution in [2.45, 2.75) is 33.0 Å². The molecule has 0 fully saturated rings. The number of hydrogen-bond donors (Lipinski definition) is 2. The van der Waals surface area contributed by atoms with Crippen LogP contribution in [0.1, 0.15) is 31.5 Å². The van der Waals surface area contributed by atoms with Crippen molar-refractivity contribution in [3.05, 3.63) is 76.0 Å². The number of nitrogens with zero attached hydrogens (tertiary/aromatic N) is 1. The van der Waals surface area contributed by atoms with Crippen LogP contribution in [0.3, 0.4) is 0 Å². The van der Waals surface area contributed by atoms with Crippen LogP contribution in [0.4, 0.5) is 23.2 Å². The Morgan fingerprint density at radius 3 is 2.44 bits per heavy atom. The maximum absolute atomic E-state index is 13.4. The Bertz CT molecular complexity index is 1240. The minimum Gasteiger partial charge on any atom is -0.368 e. The lowest BCUT2D eigenvalue weighted by molar-refractivity contribution is -0.140. The zero-order chi connectivity index (χ0) is 22.9. The van der Waals surface area contributed by atoms with E-state index in [2.05, 4.69) is 5.32 Å². The summed E-state index contributed by atoms with van der Waals surface area (Å²) in [6.45, 7) is 1.47. The van der Waals surface area contributed by atoms with Gasteiger partial charge in [0.05, 0.1) is 12.0 Å². The molecule has 32 heavy (non-hydrogen) atoms. The Morgan fingerprint density at radius 1 is 1.12 bits per heavy atom. The van der Waals surface area contributed by atoms with Crippen LogP contribution in [0, 0.1) is 5.82 Å². The Morgan fingerprint density at radius 2 is 1.81 bits per heavy atom. The summed E-state index contributed by atoms with van der Waals surface area (Å²) in [4.78, 5) is 36.5. The lowest BCUT2D eigenvalue weighted by atomic mass is 10.1. The second-order valence-corrected chi connectivity index (χ2v) is 6.91. The number of aromatic nitrogens is 1. The topological polar surface area (TPSA) is 94.2 Å². The summed E-state index contributed by atoms with van der Waals surface area (Å²) < 4.78 is 53.2. The largest absolute Gasteiger partial charge is 0.419 e. The molecule has 6 nitrogen and oxygen atoms in total. The molecule has 3 rings (SSSR count). The van der Waals surface area contributed by atoms with E-state index in [9.17, 15) is 31.9 Å². The van der Waals surface area contributed by atoms with E-state index in [0.29, 0.717) is 17.5 Å². The number of hydrogen-bond acceptors (Lipinski definition) is 3. The van der Waals surface area contributed by atoms with E-state index in [-0.39, 0.29) is 24.1 Å². The number of alkyl halides is 3. The molecule has 3 aromatic rings. The van der Waals surface area contributed by atoms with E-state index in [1.54, 1.807) is 0 Å². The van der Waals surface area contributed by atoms with Crippen LogP contribution in [-0.4, -0.2) is 16.4 Å². The van der Waals surface area contributed by atoms with Crippen LogP contribution in [0.25, 0.3) is 10.8 Å². The number of primary amides is 1. The minimum absolute atomic E-state index is 0. The van der Waals surface area contributed by atoms with E-state index < -0.39 is 47.4 Å². The lowest BCUT2D eigenvalue weighted by Gasteiger charge is -2.14. The van der Waals surface area contributed by atoms with Gasteiger partial charge in [0.15, 0.2) is 0 Å². The molecule has 2 aromatic carbocycles. The number of pyridine rings is 1. The second kappa shape index (κ2) is 9.21. The van der Waals surface area contributed by atoms with Gasteiger partial charge in [0.1, 0.15) is 11.9 Å². The SMILES string of the molecule is C.C[C@@H](C(N)=O)n1ccc2c(NC(=O)Cc3ccc(F)c(C(F)(F)F)c3)cccc2c1=O. The van der Waals surface area contributed by atoms with E-state index in [4.69, 9.17) is 5.73 Å². The van der Waals surface area contributed by atoms with Gasteiger partial charge in [0.2, 0.25) is 11.8 Å². The standard InChI is InChI=1S/C21H17F4N3O3.CH4/c1-11(19(26)30)28-8-7-13-14(20(28)31)3-2-4-17(13)27-18(29)10-12-5-6-16(22)15(9-12)21(23,24)25;/h2-9,11H,10H2,1H3,(H2,26,30)(H,27,29);1H4/t11-;/m0./s1. The maximum Gasteiger partial charge on any atom is 0.419 e. The van der Waals surface area contributed by atoms with Crippen LogP contribution in [0.5, 0.6) is 0 Å². The van der Waals surface area contributed by atoms with Crippen molar-refractivity contribution in [3.8, 4) is 0 Å². The monoisotopic (exact) mass is 451 g/mol. The fraction of sp³-hybridized carbons (Fsp3) is 0.227. The number of carbonyl (C=O) groups excluding carboxylic acids is 2. The molecule has 0 spiro atoms. The molecule has 170 valence electrons. The Balaban J connectivity index is 0.00000363. The molecule has 3 N–H and O–H groups in total. The van der Waals surface area contributed by atoms with Crippen LogP contribution in [-0.2, 0) is 22.2 Å². The van der Waals surface area contributed by atoms with E-state index >= 15 is 0 Å². The van der Waals surface area contributed by atoms with E-state index in [1.165, 1.54) is 37.4 Å². The van der Waals surface area contributed by atoms with Crippen molar-refractivity contribution in [1.29, 1.82) is 0 Å². The molecule has 1 atom stereocenters. The first-order valence-electron chi connectivity index (χ1n) is 9.07. The minimum atomic E-state index is -4.88. The average molecular weight is 451 g/mol. The molecular formula is C22H21F4N3O3. The molecule has 0 saturated heterocycles. The normalized spacial score (nSPS) is 12.2. The number of rotatable bonds is 5. The zero-order valence-corrected chi connectivity index (χ0v) is 16.2. The van der Waals surface area contributed by atoms with Crippen molar-refractivity contribution in [2.75, 3.05) is 5.32 Å². The van der Waals surface area contributed by atoms with Crippen LogP contribution in [0.15, 0.2) is 53.5 Å². The summed E-state index contributed by atoms with van der Waals surface area (Å²) in [5.74, 6) is -2.77. The lowest BCUT2D eigenvalue weighted by Crippen LogP contribution is -2.31. The average Bonchev–Trinajstić information content (AvgIpc) is 2.69. The smallest absolute Gasteiger partial charge is 0.368 e. The highest BCUT2D eigenvalue weighted by Gasteiger charge is 2.34. The first-order valence-corrected chi connectivity index (χ1v) is 9.07. The molecule has 0 aliphatic rings. The van der Waals surface area contributed by atoms with Gasteiger partial charge in [-0.1, -0.05) is 19.6 Å². The third kappa shape index (κ3) is 4.96. The highest BCUT2D eigenvalue weighted by atomic mass is 19.4. The number of benzene rings is 2. The summed E-state index contributed by atoms with van der Waals surface area (Å²) in [6.07, 6.45) is -3.95. The van der Waals surface area contributed by atoms with Gasteiger partial charge in [-0.2, -0.15) is 13.2 Å². The third-order valence-corrected chi connectivity index (χ3v) is 4.78. The number of amides is 2.